The number of thiophene rings is 1. The highest BCUT2D eigenvalue weighted by atomic mass is 32.1. The van der Waals surface area contributed by atoms with Crippen LogP contribution in [0.1, 0.15) is 9.67 Å². The van der Waals surface area contributed by atoms with E-state index in [1.54, 1.807) is 12.1 Å². The molecule has 34 heavy (non-hydrogen) atoms. The molecule has 0 saturated carbocycles. The van der Waals surface area contributed by atoms with Gasteiger partial charge in [-0.15, -0.1) is 11.3 Å². The lowest BCUT2D eigenvalue weighted by Gasteiger charge is -2.28. The minimum atomic E-state index is -3.03. The molecule has 0 atom stereocenters. The van der Waals surface area contributed by atoms with Gasteiger partial charge in [-0.1, -0.05) is 42.5 Å². The van der Waals surface area contributed by atoms with Gasteiger partial charge >= 0.3 is 12.6 Å². The zero-order chi connectivity index (χ0) is 23.9. The van der Waals surface area contributed by atoms with Crippen LogP contribution in [0.25, 0.3) is 11.1 Å². The highest BCUT2D eigenvalue weighted by Crippen LogP contribution is 2.39. The molecule has 1 fully saturated rings. The van der Waals surface area contributed by atoms with Gasteiger partial charge in [0.05, 0.1) is 23.9 Å². The number of anilines is 2. The van der Waals surface area contributed by atoms with Crippen molar-refractivity contribution in [3.05, 3.63) is 65.5 Å². The highest BCUT2D eigenvalue weighted by molar-refractivity contribution is 7.18. The van der Waals surface area contributed by atoms with E-state index in [2.05, 4.69) is 15.0 Å². The van der Waals surface area contributed by atoms with Gasteiger partial charge in [0.1, 0.15) is 10.6 Å². The summed E-state index contributed by atoms with van der Waals surface area (Å²) in [7, 11) is 0. The van der Waals surface area contributed by atoms with Crippen LogP contribution in [-0.4, -0.2) is 51.4 Å². The van der Waals surface area contributed by atoms with Crippen LogP contribution >= 0.6 is 11.3 Å². The van der Waals surface area contributed by atoms with Gasteiger partial charge in [-0.05, 0) is 23.8 Å². The molecule has 1 aliphatic heterocycles. The number of rotatable bonds is 8. The number of benzene rings is 2. The van der Waals surface area contributed by atoms with Crippen molar-refractivity contribution < 1.29 is 32.6 Å². The number of carbonyl (C=O) groups is 2. The number of hydrogen-bond donors (Lipinski definition) is 1. The molecule has 0 unspecified atom stereocenters. The van der Waals surface area contributed by atoms with Gasteiger partial charge in [-0.25, -0.2) is 4.79 Å². The largest absolute Gasteiger partial charge is 0.451 e. The summed E-state index contributed by atoms with van der Waals surface area (Å²) < 4.78 is 40.1. The molecule has 2 aromatic carbocycles. The standard InChI is InChI=1S/C24H22F2N2O5S/c25-24(26)33-19-9-5-4-8-18(19)27-21(29)15-32-23(30)20-14-17(16-6-2-1-3-7-16)22(34-20)28-10-12-31-13-11-28/h1-9,14,24H,10-13,15H2,(H,27,29). The molecule has 3 aromatic rings. The Labute approximate surface area is 198 Å². The second-order valence-electron chi connectivity index (χ2n) is 7.29. The molecule has 1 aliphatic rings. The summed E-state index contributed by atoms with van der Waals surface area (Å²) >= 11 is 1.29. The third-order valence-electron chi connectivity index (χ3n) is 5.01. The molecule has 2 heterocycles. The number of ether oxygens (including phenoxy) is 3. The van der Waals surface area contributed by atoms with Crippen molar-refractivity contribution in [1.29, 1.82) is 0 Å². The zero-order valence-corrected chi connectivity index (χ0v) is 18.9. The maximum Gasteiger partial charge on any atom is 0.387 e. The van der Waals surface area contributed by atoms with E-state index < -0.39 is 25.1 Å². The molecular formula is C24H22F2N2O5S. The van der Waals surface area contributed by atoms with E-state index in [-0.39, 0.29) is 11.4 Å². The highest BCUT2D eigenvalue weighted by Gasteiger charge is 2.23. The maximum atomic E-state index is 12.7. The summed E-state index contributed by atoms with van der Waals surface area (Å²) in [5, 5.41) is 3.36. The normalized spacial score (nSPS) is 13.6. The quantitative estimate of drug-likeness (QED) is 0.465. The zero-order valence-electron chi connectivity index (χ0n) is 18.0. The van der Waals surface area contributed by atoms with Crippen molar-refractivity contribution in [3.63, 3.8) is 0 Å². The number of morpholine rings is 1. The summed E-state index contributed by atoms with van der Waals surface area (Å²) in [6.07, 6.45) is 0. The van der Waals surface area contributed by atoms with Crippen molar-refractivity contribution in [2.45, 2.75) is 6.61 Å². The summed E-state index contributed by atoms with van der Waals surface area (Å²) in [6.45, 7) is -0.998. The van der Waals surface area contributed by atoms with Crippen LogP contribution in [0.5, 0.6) is 5.75 Å². The van der Waals surface area contributed by atoms with E-state index in [9.17, 15) is 18.4 Å². The third-order valence-corrected chi connectivity index (χ3v) is 6.18. The third kappa shape index (κ3) is 5.89. The monoisotopic (exact) mass is 488 g/mol. The van der Waals surface area contributed by atoms with Crippen LogP contribution in [-0.2, 0) is 14.3 Å². The Kier molecular flexibility index (Phi) is 7.71. The molecule has 7 nitrogen and oxygen atoms in total. The Balaban J connectivity index is 1.45. The smallest absolute Gasteiger partial charge is 0.387 e. The van der Waals surface area contributed by atoms with Gasteiger partial charge in [0.2, 0.25) is 0 Å². The van der Waals surface area contributed by atoms with E-state index in [4.69, 9.17) is 9.47 Å². The number of nitrogens with one attached hydrogen (secondary N) is 1. The van der Waals surface area contributed by atoms with Crippen LogP contribution in [0.3, 0.4) is 0 Å². The number of para-hydroxylation sites is 2. The van der Waals surface area contributed by atoms with Gasteiger partial charge in [-0.3, -0.25) is 4.79 Å². The van der Waals surface area contributed by atoms with Crippen LogP contribution in [0.15, 0.2) is 60.7 Å². The predicted molar refractivity (Wildman–Crippen MR) is 125 cm³/mol. The molecule has 1 aromatic heterocycles. The number of alkyl halides is 2. The maximum absolute atomic E-state index is 12.7. The van der Waals surface area contributed by atoms with E-state index in [1.807, 2.05) is 30.3 Å². The van der Waals surface area contributed by atoms with E-state index in [1.165, 1.54) is 29.5 Å². The molecule has 10 heteroatoms. The van der Waals surface area contributed by atoms with Gasteiger partial charge in [-0.2, -0.15) is 8.78 Å². The molecule has 0 radical (unpaired) electrons. The fourth-order valence-electron chi connectivity index (χ4n) is 3.47. The first-order valence-electron chi connectivity index (χ1n) is 10.5. The molecular weight excluding hydrogens is 466 g/mol. The van der Waals surface area contributed by atoms with Crippen LogP contribution in [0.2, 0.25) is 0 Å². The summed E-state index contributed by atoms with van der Waals surface area (Å²) in [4.78, 5) is 27.5. The van der Waals surface area contributed by atoms with Crippen LogP contribution < -0.4 is 15.0 Å². The SMILES string of the molecule is O=C(COC(=O)c1cc(-c2ccccc2)c(N2CCOCC2)s1)Nc1ccccc1OC(F)F. The van der Waals surface area contributed by atoms with E-state index in [0.717, 1.165) is 16.1 Å². The number of carbonyl (C=O) groups excluding carboxylic acids is 2. The fourth-order valence-corrected chi connectivity index (χ4v) is 4.59. The second kappa shape index (κ2) is 11.1. The average Bonchev–Trinajstić information content (AvgIpc) is 3.30. The van der Waals surface area contributed by atoms with Crippen LogP contribution in [0.4, 0.5) is 19.5 Å². The summed E-state index contributed by atoms with van der Waals surface area (Å²) in [5.41, 5.74) is 1.93. The van der Waals surface area contributed by atoms with Gasteiger partial charge in [0, 0.05) is 18.7 Å². The van der Waals surface area contributed by atoms with Crippen molar-refractivity contribution in [2.24, 2.45) is 0 Å². The number of hydrogen-bond acceptors (Lipinski definition) is 7. The number of halogens is 2. The number of esters is 1. The van der Waals surface area contributed by atoms with Crippen molar-refractivity contribution in [2.75, 3.05) is 43.1 Å². The number of nitrogens with zero attached hydrogens (tertiary/aromatic N) is 1. The lowest BCUT2D eigenvalue weighted by molar-refractivity contribution is -0.119. The van der Waals surface area contributed by atoms with E-state index in [0.29, 0.717) is 31.2 Å². The Morgan fingerprint density at radius 2 is 1.76 bits per heavy atom. The second-order valence-corrected chi connectivity index (χ2v) is 8.32. The Morgan fingerprint density at radius 1 is 1.06 bits per heavy atom. The van der Waals surface area contributed by atoms with Crippen molar-refractivity contribution in [1.82, 2.24) is 0 Å². The Morgan fingerprint density at radius 3 is 2.50 bits per heavy atom. The van der Waals surface area contributed by atoms with Gasteiger partial charge in [0.15, 0.2) is 6.61 Å². The fraction of sp³-hybridized carbons (Fsp3) is 0.250. The molecule has 0 spiro atoms. The molecule has 1 saturated heterocycles. The van der Waals surface area contributed by atoms with Gasteiger partial charge < -0.3 is 24.4 Å². The van der Waals surface area contributed by atoms with E-state index >= 15 is 0 Å². The first kappa shape index (κ1) is 23.7. The lowest BCUT2D eigenvalue weighted by atomic mass is 10.1. The number of amides is 1. The lowest BCUT2D eigenvalue weighted by Crippen LogP contribution is -2.35. The molecule has 0 aliphatic carbocycles. The molecule has 4 rings (SSSR count). The van der Waals surface area contributed by atoms with Gasteiger partial charge in [0.25, 0.3) is 5.91 Å². The topological polar surface area (TPSA) is 77.1 Å². The molecule has 178 valence electrons. The minimum Gasteiger partial charge on any atom is -0.451 e. The first-order valence-corrected chi connectivity index (χ1v) is 11.4. The van der Waals surface area contributed by atoms with Crippen molar-refractivity contribution >= 4 is 33.9 Å². The minimum absolute atomic E-state index is 0.0564. The molecule has 1 amide bonds. The van der Waals surface area contributed by atoms with Crippen LogP contribution in [0, 0.1) is 0 Å². The molecule has 0 bridgehead atoms. The van der Waals surface area contributed by atoms with Crippen molar-refractivity contribution in [3.8, 4) is 16.9 Å². The average molecular weight is 489 g/mol. The predicted octanol–water partition coefficient (Wildman–Crippen LogP) is 4.65. The first-order chi connectivity index (χ1) is 16.5. The summed E-state index contributed by atoms with van der Waals surface area (Å²) in [6, 6.07) is 17.2. The Bertz CT molecular complexity index is 1130. The molecule has 1 N–H and O–H groups in total. The Hall–Kier alpha value is -3.50. The summed E-state index contributed by atoms with van der Waals surface area (Å²) in [5.74, 6) is -1.50.